The molecule has 0 saturated carbocycles. The Morgan fingerprint density at radius 2 is 2.07 bits per heavy atom. The van der Waals surface area contributed by atoms with Gasteiger partial charge in [-0.2, -0.15) is 4.98 Å². The summed E-state index contributed by atoms with van der Waals surface area (Å²) in [6.45, 7) is 6.90. The van der Waals surface area contributed by atoms with Gasteiger partial charge in [0.05, 0.1) is 12.5 Å². The number of nitrogens with zero attached hydrogens (tertiary/aromatic N) is 3. The highest BCUT2D eigenvalue weighted by Crippen LogP contribution is 2.21. The van der Waals surface area contributed by atoms with E-state index in [-0.39, 0.29) is 11.8 Å². The standard InChI is InChI=1S/C24H28N4O2/c1-17-7-5-10-19(13-17)23-26-22(30-27-23)16-28-12-6-11-21(15-28)24(29)25-14-20-9-4-3-8-18(20)2/h3-5,7-10,13,21H,6,11-12,14-16H2,1-2H3,(H,25,29). The second-order valence-electron chi connectivity index (χ2n) is 8.10. The quantitative estimate of drug-likeness (QED) is 0.675. The summed E-state index contributed by atoms with van der Waals surface area (Å²) < 4.78 is 5.47. The van der Waals surface area contributed by atoms with Crippen LogP contribution in [0.3, 0.4) is 0 Å². The Morgan fingerprint density at radius 1 is 1.20 bits per heavy atom. The smallest absolute Gasteiger partial charge is 0.241 e. The van der Waals surface area contributed by atoms with E-state index in [1.165, 1.54) is 5.56 Å². The van der Waals surface area contributed by atoms with Crippen LogP contribution in [-0.4, -0.2) is 34.0 Å². The molecule has 2 heterocycles. The lowest BCUT2D eigenvalue weighted by Gasteiger charge is -2.30. The molecule has 1 fully saturated rings. The Hall–Kier alpha value is -2.99. The number of piperidine rings is 1. The molecule has 1 aromatic heterocycles. The highest BCUT2D eigenvalue weighted by molar-refractivity contribution is 5.79. The Bertz CT molecular complexity index is 1010. The van der Waals surface area contributed by atoms with Gasteiger partial charge in [-0.3, -0.25) is 9.69 Å². The average Bonchev–Trinajstić information content (AvgIpc) is 3.22. The normalized spacial score (nSPS) is 17.1. The summed E-state index contributed by atoms with van der Waals surface area (Å²) in [7, 11) is 0. The molecule has 6 heteroatoms. The third-order valence-electron chi connectivity index (χ3n) is 5.69. The van der Waals surface area contributed by atoms with Gasteiger partial charge in [-0.1, -0.05) is 53.2 Å². The van der Waals surface area contributed by atoms with Crippen molar-refractivity contribution in [1.29, 1.82) is 0 Å². The van der Waals surface area contributed by atoms with E-state index < -0.39 is 0 Å². The number of hydrogen-bond acceptors (Lipinski definition) is 5. The average molecular weight is 405 g/mol. The molecule has 2 aromatic carbocycles. The molecule has 4 rings (SSSR count). The highest BCUT2D eigenvalue weighted by Gasteiger charge is 2.26. The number of amides is 1. The third-order valence-corrected chi connectivity index (χ3v) is 5.69. The molecule has 1 aliphatic rings. The molecule has 0 radical (unpaired) electrons. The summed E-state index contributed by atoms with van der Waals surface area (Å²) in [6.07, 6.45) is 1.90. The van der Waals surface area contributed by atoms with Crippen LogP contribution < -0.4 is 5.32 Å². The van der Waals surface area contributed by atoms with E-state index in [4.69, 9.17) is 4.52 Å². The molecule has 30 heavy (non-hydrogen) atoms. The van der Waals surface area contributed by atoms with Crippen molar-refractivity contribution in [3.63, 3.8) is 0 Å². The van der Waals surface area contributed by atoms with E-state index in [1.54, 1.807) is 0 Å². The van der Waals surface area contributed by atoms with Crippen LogP contribution in [0.15, 0.2) is 53.1 Å². The van der Waals surface area contributed by atoms with E-state index in [1.807, 2.05) is 43.3 Å². The van der Waals surface area contributed by atoms with E-state index in [0.717, 1.165) is 36.1 Å². The molecule has 6 nitrogen and oxygen atoms in total. The largest absolute Gasteiger partial charge is 0.352 e. The fourth-order valence-corrected chi connectivity index (χ4v) is 3.96. The SMILES string of the molecule is Cc1cccc(-c2noc(CN3CCCC(C(=O)NCc4ccccc4C)C3)n2)c1. The molecule has 0 aliphatic carbocycles. The molecule has 0 spiro atoms. The van der Waals surface area contributed by atoms with Crippen molar-refractivity contribution < 1.29 is 9.32 Å². The predicted molar refractivity (Wildman–Crippen MR) is 115 cm³/mol. The van der Waals surface area contributed by atoms with Crippen molar-refractivity contribution in [2.45, 2.75) is 39.8 Å². The van der Waals surface area contributed by atoms with Gasteiger partial charge in [-0.25, -0.2) is 0 Å². The number of carbonyl (C=O) groups is 1. The first kappa shape index (κ1) is 20.3. The Balaban J connectivity index is 1.33. The lowest BCUT2D eigenvalue weighted by Crippen LogP contribution is -2.42. The van der Waals surface area contributed by atoms with Crippen LogP contribution in [-0.2, 0) is 17.9 Å². The third kappa shape index (κ3) is 4.94. The molecule has 1 amide bonds. The number of aryl methyl sites for hydroxylation is 2. The van der Waals surface area contributed by atoms with Crippen LogP contribution in [0.25, 0.3) is 11.4 Å². The minimum absolute atomic E-state index is 0.0121. The second kappa shape index (κ2) is 9.22. The van der Waals surface area contributed by atoms with Crippen molar-refractivity contribution in [1.82, 2.24) is 20.4 Å². The zero-order valence-corrected chi connectivity index (χ0v) is 17.6. The van der Waals surface area contributed by atoms with Crippen LogP contribution in [0.4, 0.5) is 0 Å². The first-order valence-electron chi connectivity index (χ1n) is 10.5. The van der Waals surface area contributed by atoms with Gasteiger partial charge in [-0.15, -0.1) is 0 Å². The van der Waals surface area contributed by atoms with E-state index in [0.29, 0.717) is 31.3 Å². The monoisotopic (exact) mass is 404 g/mol. The topological polar surface area (TPSA) is 71.3 Å². The highest BCUT2D eigenvalue weighted by atomic mass is 16.5. The van der Waals surface area contributed by atoms with Crippen molar-refractivity contribution in [3.8, 4) is 11.4 Å². The fourth-order valence-electron chi connectivity index (χ4n) is 3.96. The maximum Gasteiger partial charge on any atom is 0.241 e. The van der Waals surface area contributed by atoms with Gasteiger partial charge in [-0.05, 0) is 50.4 Å². The van der Waals surface area contributed by atoms with Crippen molar-refractivity contribution in [3.05, 3.63) is 71.1 Å². The minimum atomic E-state index is -0.0121. The zero-order valence-electron chi connectivity index (χ0n) is 17.6. The number of nitrogens with one attached hydrogen (secondary N) is 1. The van der Waals surface area contributed by atoms with Gasteiger partial charge in [0, 0.05) is 18.7 Å². The number of hydrogen-bond donors (Lipinski definition) is 1. The van der Waals surface area contributed by atoms with Gasteiger partial charge in [0.15, 0.2) is 0 Å². The van der Waals surface area contributed by atoms with Crippen molar-refractivity contribution in [2.24, 2.45) is 5.92 Å². The first-order valence-corrected chi connectivity index (χ1v) is 10.5. The number of rotatable bonds is 6. The Labute approximate surface area is 177 Å². The Kier molecular flexibility index (Phi) is 6.23. The summed E-state index contributed by atoms with van der Waals surface area (Å²) >= 11 is 0. The molecule has 3 aromatic rings. The molecule has 1 unspecified atom stereocenters. The second-order valence-corrected chi connectivity index (χ2v) is 8.10. The zero-order chi connectivity index (χ0) is 20.9. The molecule has 1 atom stereocenters. The lowest BCUT2D eigenvalue weighted by atomic mass is 9.97. The van der Waals surface area contributed by atoms with Gasteiger partial charge in [0.25, 0.3) is 0 Å². The molecule has 1 aliphatic heterocycles. The number of carbonyl (C=O) groups excluding carboxylic acids is 1. The predicted octanol–water partition coefficient (Wildman–Crippen LogP) is 3.88. The van der Waals surface area contributed by atoms with Crippen LogP contribution >= 0.6 is 0 Å². The van der Waals surface area contributed by atoms with Gasteiger partial charge in [0.2, 0.25) is 17.6 Å². The summed E-state index contributed by atoms with van der Waals surface area (Å²) in [5.41, 5.74) is 4.48. The van der Waals surface area contributed by atoms with Crippen LogP contribution in [0.2, 0.25) is 0 Å². The lowest BCUT2D eigenvalue weighted by molar-refractivity contribution is -0.127. The number of aromatic nitrogens is 2. The van der Waals surface area contributed by atoms with Crippen molar-refractivity contribution >= 4 is 5.91 Å². The summed E-state index contributed by atoms with van der Waals surface area (Å²) in [4.78, 5) is 19.5. The maximum atomic E-state index is 12.7. The molecule has 0 bridgehead atoms. The van der Waals surface area contributed by atoms with Gasteiger partial charge >= 0.3 is 0 Å². The molecular formula is C24H28N4O2. The summed E-state index contributed by atoms with van der Waals surface area (Å²) in [5.74, 6) is 1.31. The fraction of sp³-hybridized carbons (Fsp3) is 0.375. The molecule has 1 N–H and O–H groups in total. The van der Waals surface area contributed by atoms with Gasteiger partial charge in [0.1, 0.15) is 0 Å². The van der Waals surface area contributed by atoms with E-state index in [2.05, 4.69) is 39.4 Å². The van der Waals surface area contributed by atoms with Crippen LogP contribution in [0.1, 0.15) is 35.4 Å². The summed E-state index contributed by atoms with van der Waals surface area (Å²) in [5, 5.41) is 7.23. The number of likely N-dealkylation sites (tertiary alicyclic amines) is 1. The number of benzene rings is 2. The van der Waals surface area contributed by atoms with Crippen LogP contribution in [0.5, 0.6) is 0 Å². The van der Waals surface area contributed by atoms with E-state index >= 15 is 0 Å². The molecule has 156 valence electrons. The first-order chi connectivity index (χ1) is 14.6. The van der Waals surface area contributed by atoms with E-state index in [9.17, 15) is 4.79 Å². The molecular weight excluding hydrogens is 376 g/mol. The minimum Gasteiger partial charge on any atom is -0.352 e. The van der Waals surface area contributed by atoms with Gasteiger partial charge < -0.3 is 9.84 Å². The maximum absolute atomic E-state index is 12.7. The van der Waals surface area contributed by atoms with Crippen molar-refractivity contribution in [2.75, 3.05) is 13.1 Å². The van der Waals surface area contributed by atoms with Crippen LogP contribution in [0, 0.1) is 19.8 Å². The summed E-state index contributed by atoms with van der Waals surface area (Å²) in [6, 6.07) is 16.2. The molecule has 1 saturated heterocycles. The Morgan fingerprint density at radius 3 is 2.90 bits per heavy atom.